The molecule has 0 unspecified atom stereocenters. The first-order chi connectivity index (χ1) is 11.1. The van der Waals surface area contributed by atoms with Gasteiger partial charge in [0.15, 0.2) is 5.82 Å². The maximum Gasteiger partial charge on any atom is 0.247 e. The summed E-state index contributed by atoms with van der Waals surface area (Å²) < 4.78 is 10.8. The number of hydrogen-bond acceptors (Lipinski definition) is 9. The van der Waals surface area contributed by atoms with Gasteiger partial charge in [0.25, 0.3) is 0 Å². The largest absolute Gasteiger partial charge is 0.486 e. The van der Waals surface area contributed by atoms with Gasteiger partial charge in [0.1, 0.15) is 12.4 Å². The number of ether oxygens (including phenoxy) is 1. The third-order valence-corrected chi connectivity index (χ3v) is 2.92. The molecule has 9 heteroatoms. The molecular formula is C14H15N7O2. The second-order valence-electron chi connectivity index (χ2n) is 4.86. The van der Waals surface area contributed by atoms with Crippen molar-refractivity contribution in [2.45, 2.75) is 6.61 Å². The molecule has 0 saturated carbocycles. The highest BCUT2D eigenvalue weighted by atomic mass is 16.5. The Labute approximate surface area is 132 Å². The molecule has 9 nitrogen and oxygen atoms in total. The Balaban J connectivity index is 1.69. The Kier molecular flexibility index (Phi) is 4.00. The third-order valence-electron chi connectivity index (χ3n) is 2.92. The third kappa shape index (κ3) is 3.51. The molecule has 118 valence electrons. The zero-order valence-corrected chi connectivity index (χ0v) is 12.7. The molecule has 2 aromatic heterocycles. The fourth-order valence-corrected chi connectivity index (χ4v) is 1.83. The van der Waals surface area contributed by atoms with Gasteiger partial charge in [0.2, 0.25) is 24.2 Å². The van der Waals surface area contributed by atoms with Gasteiger partial charge in [-0.3, -0.25) is 0 Å². The van der Waals surface area contributed by atoms with Crippen molar-refractivity contribution in [2.75, 3.05) is 24.7 Å². The minimum Gasteiger partial charge on any atom is -0.486 e. The summed E-state index contributed by atoms with van der Waals surface area (Å²) >= 11 is 0. The number of nitrogens with two attached hydrogens (primary N) is 1. The number of rotatable bonds is 5. The molecule has 1 aromatic carbocycles. The van der Waals surface area contributed by atoms with Crippen LogP contribution in [0.25, 0.3) is 11.5 Å². The van der Waals surface area contributed by atoms with Crippen molar-refractivity contribution in [3.63, 3.8) is 0 Å². The lowest BCUT2D eigenvalue weighted by Crippen LogP contribution is -2.16. The number of hydrogen-bond donors (Lipinski definition) is 1. The molecule has 0 aliphatic rings. The van der Waals surface area contributed by atoms with E-state index < -0.39 is 0 Å². The zero-order valence-electron chi connectivity index (χ0n) is 12.7. The van der Waals surface area contributed by atoms with E-state index in [0.717, 1.165) is 5.56 Å². The van der Waals surface area contributed by atoms with Crippen LogP contribution in [0.5, 0.6) is 5.75 Å². The molecule has 23 heavy (non-hydrogen) atoms. The summed E-state index contributed by atoms with van der Waals surface area (Å²) in [6.45, 7) is 0.188. The molecule has 2 heterocycles. The van der Waals surface area contributed by atoms with E-state index in [0.29, 0.717) is 23.4 Å². The summed E-state index contributed by atoms with van der Waals surface area (Å²) in [6, 6.07) is 7.26. The van der Waals surface area contributed by atoms with E-state index in [2.05, 4.69) is 25.1 Å². The summed E-state index contributed by atoms with van der Waals surface area (Å²) in [7, 11) is 3.66. The first kappa shape index (κ1) is 14.7. The second kappa shape index (κ2) is 6.26. The number of nitrogens with zero attached hydrogens (tertiary/aromatic N) is 6. The number of aromatic nitrogens is 5. The van der Waals surface area contributed by atoms with Gasteiger partial charge in [-0.1, -0.05) is 0 Å². The minimum absolute atomic E-state index is 0.161. The Hall–Kier alpha value is -3.23. The Bertz CT molecular complexity index is 772. The van der Waals surface area contributed by atoms with Crippen molar-refractivity contribution in [1.82, 2.24) is 25.1 Å². The van der Waals surface area contributed by atoms with Gasteiger partial charge in [-0.05, 0) is 24.3 Å². The smallest absolute Gasteiger partial charge is 0.247 e. The SMILES string of the molecule is CN(C)c1nc(N)nc(COc2ccc(-c3nnco3)cc2)n1. The highest BCUT2D eigenvalue weighted by Gasteiger charge is 2.08. The van der Waals surface area contributed by atoms with Crippen LogP contribution in [0.2, 0.25) is 0 Å². The summed E-state index contributed by atoms with van der Waals surface area (Å²) in [4.78, 5) is 14.1. The number of benzene rings is 1. The predicted octanol–water partition coefficient (Wildman–Crippen LogP) is 1.15. The maximum absolute atomic E-state index is 5.67. The standard InChI is InChI=1S/C14H15N7O2/c1-21(2)14-18-11(17-13(15)19-14)7-22-10-5-3-9(4-6-10)12-20-16-8-23-12/h3-6,8H,7H2,1-2H3,(H2,15,17,18,19). The fraction of sp³-hybridized carbons (Fsp3) is 0.214. The van der Waals surface area contributed by atoms with Crippen molar-refractivity contribution in [3.05, 3.63) is 36.5 Å². The topological polar surface area (TPSA) is 116 Å². The van der Waals surface area contributed by atoms with E-state index in [4.69, 9.17) is 14.9 Å². The van der Waals surface area contributed by atoms with Crippen LogP contribution in [0.4, 0.5) is 11.9 Å². The van der Waals surface area contributed by atoms with Gasteiger partial charge >= 0.3 is 0 Å². The Morgan fingerprint density at radius 2 is 1.91 bits per heavy atom. The zero-order chi connectivity index (χ0) is 16.2. The van der Waals surface area contributed by atoms with Crippen molar-refractivity contribution < 1.29 is 9.15 Å². The van der Waals surface area contributed by atoms with Crippen LogP contribution in [0.15, 0.2) is 35.1 Å². The van der Waals surface area contributed by atoms with Crippen LogP contribution in [0.1, 0.15) is 5.82 Å². The van der Waals surface area contributed by atoms with Crippen LogP contribution < -0.4 is 15.4 Å². The van der Waals surface area contributed by atoms with Gasteiger partial charge in [-0.2, -0.15) is 15.0 Å². The van der Waals surface area contributed by atoms with Crippen molar-refractivity contribution in [2.24, 2.45) is 0 Å². The van der Waals surface area contributed by atoms with E-state index in [9.17, 15) is 0 Å². The van der Waals surface area contributed by atoms with Crippen molar-refractivity contribution >= 4 is 11.9 Å². The molecule has 3 rings (SSSR count). The fourth-order valence-electron chi connectivity index (χ4n) is 1.83. The minimum atomic E-state index is 0.161. The molecule has 0 bridgehead atoms. The molecule has 0 radical (unpaired) electrons. The average molecular weight is 313 g/mol. The second-order valence-corrected chi connectivity index (χ2v) is 4.86. The molecule has 0 saturated heterocycles. The molecule has 3 aromatic rings. The first-order valence-electron chi connectivity index (χ1n) is 6.79. The number of nitrogen functional groups attached to an aromatic ring is 1. The normalized spacial score (nSPS) is 10.5. The van der Waals surface area contributed by atoms with Crippen LogP contribution in [0.3, 0.4) is 0 Å². The Morgan fingerprint density at radius 1 is 1.13 bits per heavy atom. The van der Waals surface area contributed by atoms with E-state index in [1.807, 2.05) is 26.2 Å². The summed E-state index contributed by atoms with van der Waals surface area (Å²) in [6.07, 6.45) is 1.28. The van der Waals surface area contributed by atoms with Crippen LogP contribution in [-0.2, 0) is 6.61 Å². The monoisotopic (exact) mass is 313 g/mol. The summed E-state index contributed by atoms with van der Waals surface area (Å²) in [5, 5.41) is 7.48. The summed E-state index contributed by atoms with van der Waals surface area (Å²) in [5.41, 5.74) is 6.49. The van der Waals surface area contributed by atoms with Crippen molar-refractivity contribution in [1.29, 1.82) is 0 Å². The van der Waals surface area contributed by atoms with Gasteiger partial charge < -0.3 is 19.8 Å². The molecule has 0 aliphatic heterocycles. The lowest BCUT2D eigenvalue weighted by atomic mass is 10.2. The van der Waals surface area contributed by atoms with Gasteiger partial charge in [0.05, 0.1) is 0 Å². The van der Waals surface area contributed by atoms with E-state index in [1.54, 1.807) is 17.0 Å². The van der Waals surface area contributed by atoms with Crippen LogP contribution in [0, 0.1) is 0 Å². The molecule has 0 fully saturated rings. The Morgan fingerprint density at radius 3 is 2.57 bits per heavy atom. The molecule has 0 aliphatic carbocycles. The highest BCUT2D eigenvalue weighted by molar-refractivity contribution is 5.53. The van der Waals surface area contributed by atoms with Crippen LogP contribution in [-0.4, -0.2) is 39.2 Å². The first-order valence-corrected chi connectivity index (χ1v) is 6.79. The van der Waals surface area contributed by atoms with Gasteiger partial charge in [-0.15, -0.1) is 10.2 Å². The van der Waals surface area contributed by atoms with Crippen molar-refractivity contribution in [3.8, 4) is 17.2 Å². The summed E-state index contributed by atoms with van der Waals surface area (Å²) in [5.74, 6) is 2.23. The van der Waals surface area contributed by atoms with Crippen LogP contribution >= 0.6 is 0 Å². The molecule has 0 spiro atoms. The molecule has 0 amide bonds. The van der Waals surface area contributed by atoms with Gasteiger partial charge in [-0.25, -0.2) is 0 Å². The van der Waals surface area contributed by atoms with E-state index in [1.165, 1.54) is 6.39 Å². The average Bonchev–Trinajstić information content (AvgIpc) is 3.07. The molecular weight excluding hydrogens is 298 g/mol. The predicted molar refractivity (Wildman–Crippen MR) is 82.6 cm³/mol. The molecule has 2 N–H and O–H groups in total. The molecule has 0 atom stereocenters. The van der Waals surface area contributed by atoms with E-state index >= 15 is 0 Å². The lowest BCUT2D eigenvalue weighted by molar-refractivity contribution is 0.295. The quantitative estimate of drug-likeness (QED) is 0.740. The maximum atomic E-state index is 5.67. The highest BCUT2D eigenvalue weighted by Crippen LogP contribution is 2.20. The lowest BCUT2D eigenvalue weighted by Gasteiger charge is -2.12. The van der Waals surface area contributed by atoms with Gasteiger partial charge in [0, 0.05) is 19.7 Å². The van der Waals surface area contributed by atoms with E-state index in [-0.39, 0.29) is 12.6 Å². The number of anilines is 2.